The van der Waals surface area contributed by atoms with E-state index in [2.05, 4.69) is 16.7 Å². The number of nitrogens with zero attached hydrogens (tertiary/aromatic N) is 1. The average molecular weight is 339 g/mol. The molecular weight excluding hydrogens is 318 g/mol. The molecule has 2 amide bonds. The van der Waals surface area contributed by atoms with Gasteiger partial charge in [-0.25, -0.2) is 4.79 Å². The number of hydrogen-bond acceptors (Lipinski definition) is 3. The van der Waals surface area contributed by atoms with Gasteiger partial charge in [0.2, 0.25) is 5.91 Å². The second kappa shape index (κ2) is 7.36. The molecule has 25 heavy (non-hydrogen) atoms. The smallest absolute Gasteiger partial charge is 0.407 e. The number of carboxylic acid groups (broad SMARTS) is 1. The maximum Gasteiger partial charge on any atom is 0.407 e. The van der Waals surface area contributed by atoms with Gasteiger partial charge in [-0.1, -0.05) is 36.4 Å². The highest BCUT2D eigenvalue weighted by molar-refractivity contribution is 5.96. The Bertz CT molecular complexity index is 774. The second-order valence-electron chi connectivity index (χ2n) is 6.16. The van der Waals surface area contributed by atoms with Crippen molar-refractivity contribution in [3.8, 4) is 0 Å². The summed E-state index contributed by atoms with van der Waals surface area (Å²) in [4.78, 5) is 24.7. The Hall–Kier alpha value is -2.86. The van der Waals surface area contributed by atoms with Gasteiger partial charge in [-0.3, -0.25) is 4.79 Å². The molecule has 1 aliphatic rings. The molecule has 1 aliphatic heterocycles. The number of hydrogen-bond donors (Lipinski definition) is 3. The van der Waals surface area contributed by atoms with E-state index >= 15 is 0 Å². The summed E-state index contributed by atoms with van der Waals surface area (Å²) in [6, 6.07) is 14.8. The van der Waals surface area contributed by atoms with Gasteiger partial charge >= 0.3 is 6.09 Å². The van der Waals surface area contributed by atoms with Crippen LogP contribution in [0.15, 0.2) is 48.5 Å². The highest BCUT2D eigenvalue weighted by Crippen LogP contribution is 2.24. The van der Waals surface area contributed by atoms with Gasteiger partial charge in [-0.15, -0.1) is 0 Å². The third-order valence-electron chi connectivity index (χ3n) is 4.34. The zero-order valence-electron chi connectivity index (χ0n) is 14.0. The Kier molecular flexibility index (Phi) is 5.00. The molecule has 0 spiro atoms. The van der Waals surface area contributed by atoms with E-state index in [0.29, 0.717) is 12.2 Å². The Balaban J connectivity index is 1.67. The summed E-state index contributed by atoms with van der Waals surface area (Å²) in [6.07, 6.45) is -0.0504. The van der Waals surface area contributed by atoms with Gasteiger partial charge in [-0.2, -0.15) is 0 Å². The topological polar surface area (TPSA) is 81.7 Å². The quantitative estimate of drug-likeness (QED) is 0.800. The van der Waals surface area contributed by atoms with E-state index in [0.717, 1.165) is 24.1 Å². The largest absolute Gasteiger partial charge is 0.465 e. The number of carbonyl (C=O) groups excluding carboxylic acids is 1. The van der Waals surface area contributed by atoms with E-state index in [1.165, 1.54) is 17.5 Å². The van der Waals surface area contributed by atoms with Gasteiger partial charge in [0.05, 0.1) is 0 Å². The molecule has 0 bridgehead atoms. The first kappa shape index (κ1) is 17.0. The van der Waals surface area contributed by atoms with Crippen LogP contribution in [0.2, 0.25) is 0 Å². The molecule has 2 aromatic carbocycles. The molecule has 0 saturated heterocycles. The van der Waals surface area contributed by atoms with Crippen molar-refractivity contribution in [2.24, 2.45) is 0 Å². The Morgan fingerprint density at radius 1 is 1.20 bits per heavy atom. The molecule has 2 aromatic rings. The number of rotatable bonds is 4. The van der Waals surface area contributed by atoms with E-state index in [9.17, 15) is 9.59 Å². The standard InChI is InChI=1S/C19H21N3O3/c1-22(19(24)25)12-13-6-8-15(9-7-13)21-18(23)17-16-5-3-2-4-14(16)10-11-20-17/h2-9,17,20H,10-12H2,1H3,(H,21,23)(H,24,25)/t17-/m0/s1. The van der Waals surface area contributed by atoms with Crippen LogP contribution in [0.5, 0.6) is 0 Å². The third kappa shape index (κ3) is 3.97. The molecule has 0 aromatic heterocycles. The van der Waals surface area contributed by atoms with Crippen LogP contribution in [-0.2, 0) is 17.8 Å². The van der Waals surface area contributed by atoms with Crippen molar-refractivity contribution in [3.63, 3.8) is 0 Å². The van der Waals surface area contributed by atoms with Gasteiger partial charge in [0.1, 0.15) is 6.04 Å². The fraction of sp³-hybridized carbons (Fsp3) is 0.263. The minimum atomic E-state index is -0.973. The second-order valence-corrected chi connectivity index (χ2v) is 6.16. The lowest BCUT2D eigenvalue weighted by Crippen LogP contribution is -2.38. The minimum Gasteiger partial charge on any atom is -0.465 e. The number of benzene rings is 2. The number of fused-ring (bicyclic) bond motifs is 1. The Labute approximate surface area is 146 Å². The molecule has 0 aliphatic carbocycles. The normalized spacial score (nSPS) is 16.0. The number of carbonyl (C=O) groups is 2. The zero-order valence-corrected chi connectivity index (χ0v) is 14.0. The molecule has 3 N–H and O–H groups in total. The van der Waals surface area contributed by atoms with Crippen LogP contribution in [0.3, 0.4) is 0 Å². The molecular formula is C19H21N3O3. The van der Waals surface area contributed by atoms with Crippen LogP contribution >= 0.6 is 0 Å². The predicted molar refractivity (Wildman–Crippen MR) is 95.5 cm³/mol. The zero-order chi connectivity index (χ0) is 17.8. The van der Waals surface area contributed by atoms with E-state index in [-0.39, 0.29) is 11.9 Å². The van der Waals surface area contributed by atoms with E-state index in [1.54, 1.807) is 12.1 Å². The number of nitrogens with one attached hydrogen (secondary N) is 2. The molecule has 130 valence electrons. The lowest BCUT2D eigenvalue weighted by molar-refractivity contribution is -0.118. The third-order valence-corrected chi connectivity index (χ3v) is 4.34. The van der Waals surface area contributed by atoms with Crippen molar-refractivity contribution in [1.29, 1.82) is 0 Å². The summed E-state index contributed by atoms with van der Waals surface area (Å²) in [5.74, 6) is -0.0949. The fourth-order valence-corrected chi connectivity index (χ4v) is 2.99. The SMILES string of the molecule is CN(Cc1ccc(NC(=O)[C@H]2NCCc3ccccc32)cc1)C(=O)O. The van der Waals surface area contributed by atoms with Crippen molar-refractivity contribution in [2.45, 2.75) is 19.0 Å². The fourth-order valence-electron chi connectivity index (χ4n) is 2.99. The summed E-state index contributed by atoms with van der Waals surface area (Å²) in [7, 11) is 1.52. The van der Waals surface area contributed by atoms with Crippen LogP contribution in [0, 0.1) is 0 Å². The first-order valence-corrected chi connectivity index (χ1v) is 8.19. The lowest BCUT2D eigenvalue weighted by atomic mass is 9.94. The summed E-state index contributed by atoms with van der Waals surface area (Å²) >= 11 is 0. The first-order chi connectivity index (χ1) is 12.0. The monoisotopic (exact) mass is 339 g/mol. The molecule has 0 unspecified atom stereocenters. The van der Waals surface area contributed by atoms with Crippen LogP contribution < -0.4 is 10.6 Å². The molecule has 1 atom stereocenters. The van der Waals surface area contributed by atoms with Crippen molar-refractivity contribution in [1.82, 2.24) is 10.2 Å². The molecule has 1 heterocycles. The summed E-state index contributed by atoms with van der Waals surface area (Å²) in [5.41, 5.74) is 3.78. The predicted octanol–water partition coefficient (Wildman–Crippen LogP) is 2.62. The number of anilines is 1. The maximum atomic E-state index is 12.6. The lowest BCUT2D eigenvalue weighted by Gasteiger charge is -2.26. The number of amides is 2. The highest BCUT2D eigenvalue weighted by Gasteiger charge is 2.25. The molecule has 0 radical (unpaired) electrons. The maximum absolute atomic E-state index is 12.6. The van der Waals surface area contributed by atoms with E-state index in [4.69, 9.17) is 5.11 Å². The van der Waals surface area contributed by atoms with Crippen molar-refractivity contribution >= 4 is 17.7 Å². The Morgan fingerprint density at radius 2 is 1.92 bits per heavy atom. The van der Waals surface area contributed by atoms with Crippen molar-refractivity contribution < 1.29 is 14.7 Å². The van der Waals surface area contributed by atoms with Crippen LogP contribution in [0.4, 0.5) is 10.5 Å². The van der Waals surface area contributed by atoms with Gasteiger partial charge < -0.3 is 20.6 Å². The van der Waals surface area contributed by atoms with Crippen LogP contribution in [0.1, 0.15) is 22.7 Å². The van der Waals surface area contributed by atoms with Crippen molar-refractivity contribution in [2.75, 3.05) is 18.9 Å². The Morgan fingerprint density at radius 3 is 2.64 bits per heavy atom. The molecule has 0 fully saturated rings. The molecule has 6 nitrogen and oxygen atoms in total. The van der Waals surface area contributed by atoms with Crippen LogP contribution in [-0.4, -0.2) is 35.6 Å². The molecule has 0 saturated carbocycles. The van der Waals surface area contributed by atoms with Crippen molar-refractivity contribution in [3.05, 3.63) is 65.2 Å². The molecule has 6 heteroatoms. The molecule has 3 rings (SSSR count). The van der Waals surface area contributed by atoms with Gasteiger partial charge in [0.15, 0.2) is 0 Å². The van der Waals surface area contributed by atoms with Gasteiger partial charge in [0.25, 0.3) is 0 Å². The minimum absolute atomic E-state index is 0.0949. The summed E-state index contributed by atoms with van der Waals surface area (Å²) in [5, 5.41) is 15.1. The van der Waals surface area contributed by atoms with Crippen LogP contribution in [0.25, 0.3) is 0 Å². The van der Waals surface area contributed by atoms with Gasteiger partial charge in [-0.05, 0) is 35.2 Å². The summed E-state index contributed by atoms with van der Waals surface area (Å²) in [6.45, 7) is 1.08. The van der Waals surface area contributed by atoms with E-state index < -0.39 is 6.09 Å². The first-order valence-electron chi connectivity index (χ1n) is 8.19. The highest BCUT2D eigenvalue weighted by atomic mass is 16.4. The van der Waals surface area contributed by atoms with E-state index in [1.807, 2.05) is 30.3 Å². The summed E-state index contributed by atoms with van der Waals surface area (Å²) < 4.78 is 0. The average Bonchev–Trinajstić information content (AvgIpc) is 2.62. The van der Waals surface area contributed by atoms with Gasteiger partial charge in [0, 0.05) is 25.8 Å².